The normalized spacial score (nSPS) is 11.6. The minimum absolute atomic E-state index is 0.00212. The third kappa shape index (κ3) is 36.6. The highest BCUT2D eigenvalue weighted by molar-refractivity contribution is 5.69. The maximum Gasteiger partial charge on any atom is 0.306 e. The Morgan fingerprint density at radius 2 is 0.920 bits per heavy atom. The zero-order chi connectivity index (χ0) is 36.6. The van der Waals surface area contributed by atoms with Gasteiger partial charge in [0, 0.05) is 26.0 Å². The van der Waals surface area contributed by atoms with Crippen LogP contribution in [-0.2, 0) is 28.5 Å². The summed E-state index contributed by atoms with van der Waals surface area (Å²) in [6.45, 7) is 12.1. The summed E-state index contributed by atoms with van der Waals surface area (Å²) in [4.78, 5) is 27.0. The zero-order valence-corrected chi connectivity index (χ0v) is 33.4. The fourth-order valence-electron chi connectivity index (χ4n) is 6.27. The van der Waals surface area contributed by atoms with E-state index in [1.165, 1.54) is 89.9 Å². The molecule has 0 radical (unpaired) electrons. The summed E-state index contributed by atoms with van der Waals surface area (Å²) in [7, 11) is 0. The minimum Gasteiger partial charge on any atom is -0.463 e. The zero-order valence-electron chi connectivity index (χ0n) is 33.4. The number of nitrogens with zero attached hydrogens (tertiary/aromatic N) is 1. The molecule has 8 nitrogen and oxygen atoms in total. The highest BCUT2D eigenvalue weighted by atomic mass is 16.6. The fourth-order valence-corrected chi connectivity index (χ4v) is 6.27. The topological polar surface area (TPSA) is 94.5 Å². The number of rotatable bonds is 41. The average molecular weight is 714 g/mol. The Bertz CT molecular complexity index is 692. The van der Waals surface area contributed by atoms with Crippen molar-refractivity contribution in [2.24, 2.45) is 0 Å². The summed E-state index contributed by atoms with van der Waals surface area (Å²) >= 11 is 0. The number of aliphatic hydroxyl groups excluding tert-OH is 1. The van der Waals surface area contributed by atoms with E-state index < -0.39 is 0 Å². The molecule has 0 aliphatic rings. The standard InChI is InChI=1S/C42H83NO7/c1-4-7-10-12-15-20-27-40(28-21-16-13-11-8-5-2)50-42(46)30-22-17-14-18-24-31-43(33-34-44)32-25-19-23-29-41(45)49-39-38-48-37-36-47-35-26-9-6-3/h40,44H,4-39H2,1-3H3. The van der Waals surface area contributed by atoms with E-state index in [2.05, 4.69) is 25.7 Å². The van der Waals surface area contributed by atoms with Crippen LogP contribution in [0.5, 0.6) is 0 Å². The third-order valence-corrected chi connectivity index (χ3v) is 9.44. The van der Waals surface area contributed by atoms with Gasteiger partial charge in [0.2, 0.25) is 0 Å². The Balaban J connectivity index is 3.96. The van der Waals surface area contributed by atoms with Gasteiger partial charge >= 0.3 is 11.9 Å². The van der Waals surface area contributed by atoms with Gasteiger partial charge in [-0.3, -0.25) is 9.59 Å². The maximum absolute atomic E-state index is 12.7. The molecule has 298 valence electrons. The van der Waals surface area contributed by atoms with Gasteiger partial charge in [-0.25, -0.2) is 0 Å². The fraction of sp³-hybridized carbons (Fsp3) is 0.952. The number of aliphatic hydroxyl groups is 1. The average Bonchev–Trinajstić information content (AvgIpc) is 3.11. The quantitative estimate of drug-likeness (QED) is 0.0494. The van der Waals surface area contributed by atoms with Crippen LogP contribution in [0.2, 0.25) is 0 Å². The van der Waals surface area contributed by atoms with Gasteiger partial charge in [-0.1, -0.05) is 124 Å². The molecule has 0 aliphatic heterocycles. The van der Waals surface area contributed by atoms with E-state index in [0.717, 1.165) is 90.3 Å². The SMILES string of the molecule is CCCCCCCCC(CCCCCCCC)OC(=O)CCCCCCCN(CCO)CCCCCC(=O)OCCOCCOCCCCC. The van der Waals surface area contributed by atoms with Crippen LogP contribution in [0.3, 0.4) is 0 Å². The Labute approximate surface area is 309 Å². The molecule has 0 fully saturated rings. The smallest absolute Gasteiger partial charge is 0.306 e. The lowest BCUT2D eigenvalue weighted by Crippen LogP contribution is -2.29. The molecule has 0 aromatic carbocycles. The molecule has 0 unspecified atom stereocenters. The molecule has 50 heavy (non-hydrogen) atoms. The van der Waals surface area contributed by atoms with Gasteiger partial charge in [-0.2, -0.15) is 0 Å². The van der Waals surface area contributed by atoms with Crippen molar-refractivity contribution in [3.05, 3.63) is 0 Å². The number of carbonyl (C=O) groups excluding carboxylic acids is 2. The van der Waals surface area contributed by atoms with Crippen LogP contribution in [0.25, 0.3) is 0 Å². The van der Waals surface area contributed by atoms with Crippen molar-refractivity contribution in [3.63, 3.8) is 0 Å². The second-order valence-corrected chi connectivity index (χ2v) is 14.3. The van der Waals surface area contributed by atoms with Crippen molar-refractivity contribution >= 4 is 11.9 Å². The second-order valence-electron chi connectivity index (χ2n) is 14.3. The molecule has 0 saturated carbocycles. The van der Waals surface area contributed by atoms with Crippen LogP contribution in [-0.4, -0.2) is 87.3 Å². The van der Waals surface area contributed by atoms with Gasteiger partial charge < -0.3 is 29.0 Å². The lowest BCUT2D eigenvalue weighted by atomic mass is 10.0. The lowest BCUT2D eigenvalue weighted by Gasteiger charge is -2.21. The summed E-state index contributed by atoms with van der Waals surface area (Å²) in [5.41, 5.74) is 0. The molecule has 0 spiro atoms. The van der Waals surface area contributed by atoms with Gasteiger partial charge in [0.05, 0.1) is 26.4 Å². The molecular formula is C42H83NO7. The predicted molar refractivity (Wildman–Crippen MR) is 208 cm³/mol. The van der Waals surface area contributed by atoms with Gasteiger partial charge in [-0.15, -0.1) is 0 Å². The van der Waals surface area contributed by atoms with Gasteiger partial charge in [-0.05, 0) is 70.9 Å². The van der Waals surface area contributed by atoms with Crippen LogP contribution in [0.1, 0.15) is 194 Å². The molecule has 0 bridgehead atoms. The van der Waals surface area contributed by atoms with Crippen molar-refractivity contribution in [1.29, 1.82) is 0 Å². The van der Waals surface area contributed by atoms with E-state index in [0.29, 0.717) is 45.8 Å². The summed E-state index contributed by atoms with van der Waals surface area (Å²) in [5.74, 6) is -0.163. The molecule has 0 rings (SSSR count). The van der Waals surface area contributed by atoms with E-state index >= 15 is 0 Å². The Hall–Kier alpha value is -1.22. The van der Waals surface area contributed by atoms with E-state index in [1.807, 2.05) is 0 Å². The number of hydrogen-bond donors (Lipinski definition) is 1. The number of hydrogen-bond acceptors (Lipinski definition) is 8. The molecule has 0 aromatic heterocycles. The maximum atomic E-state index is 12.7. The highest BCUT2D eigenvalue weighted by Gasteiger charge is 2.14. The van der Waals surface area contributed by atoms with Gasteiger partial charge in [0.25, 0.3) is 0 Å². The van der Waals surface area contributed by atoms with Crippen molar-refractivity contribution in [3.8, 4) is 0 Å². The first-order chi connectivity index (χ1) is 24.6. The first kappa shape index (κ1) is 48.8. The second kappa shape index (κ2) is 40.5. The number of carbonyl (C=O) groups is 2. The van der Waals surface area contributed by atoms with Gasteiger partial charge in [0.15, 0.2) is 0 Å². The molecule has 0 saturated heterocycles. The van der Waals surface area contributed by atoms with Crippen LogP contribution in [0.4, 0.5) is 0 Å². The molecule has 8 heteroatoms. The molecule has 0 aromatic rings. The summed E-state index contributed by atoms with van der Waals surface area (Å²) in [6, 6.07) is 0. The van der Waals surface area contributed by atoms with E-state index in [9.17, 15) is 14.7 Å². The molecular weight excluding hydrogens is 630 g/mol. The van der Waals surface area contributed by atoms with Gasteiger partial charge in [0.1, 0.15) is 12.7 Å². The summed E-state index contributed by atoms with van der Waals surface area (Å²) in [6.07, 6.45) is 30.0. The third-order valence-electron chi connectivity index (χ3n) is 9.44. The van der Waals surface area contributed by atoms with Crippen molar-refractivity contribution in [1.82, 2.24) is 4.90 Å². The highest BCUT2D eigenvalue weighted by Crippen LogP contribution is 2.18. The number of esters is 2. The number of unbranched alkanes of at least 4 members (excludes halogenated alkanes) is 18. The predicted octanol–water partition coefficient (Wildman–Crippen LogP) is 10.4. The van der Waals surface area contributed by atoms with Crippen LogP contribution in [0.15, 0.2) is 0 Å². The Morgan fingerprint density at radius 1 is 0.480 bits per heavy atom. The van der Waals surface area contributed by atoms with Crippen LogP contribution in [0, 0.1) is 0 Å². The van der Waals surface area contributed by atoms with Crippen molar-refractivity contribution < 1.29 is 33.6 Å². The summed E-state index contributed by atoms with van der Waals surface area (Å²) < 4.78 is 22.2. The monoisotopic (exact) mass is 714 g/mol. The molecule has 0 amide bonds. The summed E-state index contributed by atoms with van der Waals surface area (Å²) in [5, 5.41) is 9.51. The van der Waals surface area contributed by atoms with E-state index in [4.69, 9.17) is 18.9 Å². The largest absolute Gasteiger partial charge is 0.463 e. The number of ether oxygens (including phenoxy) is 4. The van der Waals surface area contributed by atoms with E-state index in [1.54, 1.807) is 0 Å². The van der Waals surface area contributed by atoms with Crippen molar-refractivity contribution in [2.45, 2.75) is 200 Å². The molecule has 0 aliphatic carbocycles. The molecule has 0 atom stereocenters. The Morgan fingerprint density at radius 3 is 1.50 bits per heavy atom. The minimum atomic E-state index is -0.161. The molecule has 1 N–H and O–H groups in total. The Kier molecular flexibility index (Phi) is 39.6. The first-order valence-corrected chi connectivity index (χ1v) is 21.4. The van der Waals surface area contributed by atoms with Crippen molar-refractivity contribution in [2.75, 3.05) is 59.3 Å². The molecule has 0 heterocycles. The van der Waals surface area contributed by atoms with E-state index in [-0.39, 0.29) is 24.6 Å². The first-order valence-electron chi connectivity index (χ1n) is 21.4. The van der Waals surface area contributed by atoms with Crippen LogP contribution >= 0.6 is 0 Å². The van der Waals surface area contributed by atoms with Crippen LogP contribution < -0.4 is 0 Å². The lowest BCUT2D eigenvalue weighted by molar-refractivity contribution is -0.150.